The van der Waals surface area contributed by atoms with Crippen molar-refractivity contribution in [1.29, 1.82) is 0 Å². The van der Waals surface area contributed by atoms with Crippen molar-refractivity contribution in [1.82, 2.24) is 0 Å². The van der Waals surface area contributed by atoms with Crippen molar-refractivity contribution in [3.63, 3.8) is 0 Å². The van der Waals surface area contributed by atoms with Gasteiger partial charge in [0.25, 0.3) is 0 Å². The van der Waals surface area contributed by atoms with Gasteiger partial charge in [0.1, 0.15) is 0 Å². The second kappa shape index (κ2) is 9.33. The van der Waals surface area contributed by atoms with Crippen LogP contribution in [0.25, 0.3) is 0 Å². The average molecular weight is 101 g/mol. The summed E-state index contributed by atoms with van der Waals surface area (Å²) in [5.41, 5.74) is 0. The van der Waals surface area contributed by atoms with Crippen molar-refractivity contribution in [2.45, 2.75) is 20.0 Å². The molecule has 0 rings (SSSR count). The Morgan fingerprint density at radius 2 is 1.33 bits per heavy atom. The number of rotatable bonds is 0. The summed E-state index contributed by atoms with van der Waals surface area (Å²) in [6, 6.07) is 0. The van der Waals surface area contributed by atoms with Crippen molar-refractivity contribution < 1.29 is 40.1 Å². The van der Waals surface area contributed by atoms with E-state index >= 15 is 0 Å². The van der Waals surface area contributed by atoms with Crippen molar-refractivity contribution in [3.8, 4) is 0 Å². The van der Waals surface area contributed by atoms with E-state index in [0.29, 0.717) is 0 Å². The first-order valence-electron chi connectivity index (χ1n) is 1.41. The maximum absolute atomic E-state index is 8.06. The van der Waals surface area contributed by atoms with Gasteiger partial charge in [-0.1, -0.05) is 0 Å². The molecule has 0 spiro atoms. The quantitative estimate of drug-likeness (QED) is 0.317. The second-order valence-corrected chi connectivity index (χ2v) is 1.09. The third-order valence-corrected chi connectivity index (χ3v) is 0. The van der Waals surface area contributed by atoms with Crippen LogP contribution in [0.4, 0.5) is 0 Å². The number of aliphatic hydroxyl groups is 1. The van der Waals surface area contributed by atoms with Crippen LogP contribution in [0.1, 0.15) is 13.8 Å². The van der Waals surface area contributed by atoms with Gasteiger partial charge in [-0.25, -0.2) is 0 Å². The molecule has 3 heteroatoms. The summed E-state index contributed by atoms with van der Waals surface area (Å²) in [6.45, 7) is 3.44. The summed E-state index contributed by atoms with van der Waals surface area (Å²) in [7, 11) is 0. The van der Waals surface area contributed by atoms with E-state index in [1.807, 2.05) is 0 Å². The molecule has 0 atom stereocenters. The van der Waals surface area contributed by atoms with Gasteiger partial charge in [-0.05, 0) is 13.8 Å². The zero-order chi connectivity index (χ0) is 3.58. The van der Waals surface area contributed by atoms with Gasteiger partial charge < -0.3 is 10.6 Å². The summed E-state index contributed by atoms with van der Waals surface area (Å²) < 4.78 is 0. The molecular formula is C3H10NaO2+. The van der Waals surface area contributed by atoms with Gasteiger partial charge in [-0.2, -0.15) is 0 Å². The Bertz CT molecular complexity index is 13.5. The molecule has 0 saturated heterocycles. The Labute approximate surface area is 60.2 Å². The first-order chi connectivity index (χ1) is 1.73. The second-order valence-electron chi connectivity index (χ2n) is 1.09. The molecule has 3 N–H and O–H groups in total. The third-order valence-electron chi connectivity index (χ3n) is 0. The molecule has 0 aliphatic heterocycles. The molecule has 0 aromatic carbocycles. The standard InChI is InChI=1S/C3H8O.Na.H2O/c1-3(2)4;;/h3-4H,1-2H3;;1H2/q;+1;. The van der Waals surface area contributed by atoms with Gasteiger partial charge in [0, 0.05) is 6.10 Å². The zero-order valence-corrected chi connectivity index (χ0v) is 6.52. The smallest absolute Gasteiger partial charge is 0.412 e. The molecule has 0 saturated carbocycles. The van der Waals surface area contributed by atoms with Crippen LogP contribution in [0.5, 0.6) is 0 Å². The van der Waals surface area contributed by atoms with Crippen molar-refractivity contribution in [2.24, 2.45) is 0 Å². The van der Waals surface area contributed by atoms with E-state index in [1.54, 1.807) is 13.8 Å². The first-order valence-corrected chi connectivity index (χ1v) is 1.41. The molecule has 0 heterocycles. The predicted molar refractivity (Wildman–Crippen MR) is 21.0 cm³/mol. The summed E-state index contributed by atoms with van der Waals surface area (Å²) in [6.07, 6.45) is -0.167. The van der Waals surface area contributed by atoms with Crippen LogP contribution in [0.2, 0.25) is 0 Å². The van der Waals surface area contributed by atoms with Crippen molar-refractivity contribution >= 4 is 0 Å². The van der Waals surface area contributed by atoms with Crippen molar-refractivity contribution in [2.75, 3.05) is 0 Å². The molecule has 0 bridgehead atoms. The summed E-state index contributed by atoms with van der Waals surface area (Å²) in [5, 5.41) is 8.06. The molecular weight excluding hydrogens is 91.0 g/mol. The fourth-order valence-electron chi connectivity index (χ4n) is 0. The Morgan fingerprint density at radius 1 is 1.33 bits per heavy atom. The van der Waals surface area contributed by atoms with Gasteiger partial charge in [0.15, 0.2) is 0 Å². The summed E-state index contributed by atoms with van der Waals surface area (Å²) in [5.74, 6) is 0. The average Bonchev–Trinajstić information content (AvgIpc) is 0.811. The van der Waals surface area contributed by atoms with E-state index in [1.165, 1.54) is 0 Å². The zero-order valence-electron chi connectivity index (χ0n) is 4.52. The summed E-state index contributed by atoms with van der Waals surface area (Å²) in [4.78, 5) is 0. The van der Waals surface area contributed by atoms with E-state index < -0.39 is 0 Å². The van der Waals surface area contributed by atoms with Crippen LogP contribution in [0.15, 0.2) is 0 Å². The van der Waals surface area contributed by atoms with Gasteiger partial charge in [0.05, 0.1) is 0 Å². The SMILES string of the molecule is CC(C)O.O.[Na+]. The fourth-order valence-corrected chi connectivity index (χ4v) is 0. The topological polar surface area (TPSA) is 51.7 Å². The van der Waals surface area contributed by atoms with Crippen LogP contribution >= 0.6 is 0 Å². The van der Waals surface area contributed by atoms with Crippen molar-refractivity contribution in [3.05, 3.63) is 0 Å². The van der Waals surface area contributed by atoms with Crippen LogP contribution in [-0.4, -0.2) is 16.7 Å². The number of hydrogen-bond acceptors (Lipinski definition) is 1. The van der Waals surface area contributed by atoms with Gasteiger partial charge in [-0.15, -0.1) is 0 Å². The minimum absolute atomic E-state index is 0. The number of hydrogen-bond donors (Lipinski definition) is 1. The van der Waals surface area contributed by atoms with Crippen LogP contribution in [-0.2, 0) is 0 Å². The van der Waals surface area contributed by atoms with Gasteiger partial charge >= 0.3 is 29.6 Å². The van der Waals surface area contributed by atoms with E-state index in [0.717, 1.165) is 0 Å². The predicted octanol–water partition coefficient (Wildman–Crippen LogP) is -3.43. The fraction of sp³-hybridized carbons (Fsp3) is 1.00. The Hall–Kier alpha value is 0.920. The molecule has 0 radical (unpaired) electrons. The Balaban J connectivity index is -0.0000000450. The molecule has 0 aliphatic carbocycles. The van der Waals surface area contributed by atoms with E-state index in [2.05, 4.69) is 0 Å². The number of aliphatic hydroxyl groups excluding tert-OH is 1. The first kappa shape index (κ1) is 15.8. The molecule has 6 heavy (non-hydrogen) atoms. The molecule has 34 valence electrons. The van der Waals surface area contributed by atoms with Gasteiger partial charge in [0.2, 0.25) is 0 Å². The molecule has 0 unspecified atom stereocenters. The largest absolute Gasteiger partial charge is 1.00 e. The van der Waals surface area contributed by atoms with E-state index in [-0.39, 0.29) is 41.1 Å². The molecule has 0 aromatic heterocycles. The molecule has 2 nitrogen and oxygen atoms in total. The van der Waals surface area contributed by atoms with Crippen LogP contribution in [0, 0.1) is 0 Å². The maximum atomic E-state index is 8.06. The minimum Gasteiger partial charge on any atom is -0.412 e. The molecule has 0 fully saturated rings. The van der Waals surface area contributed by atoms with Gasteiger partial charge in [-0.3, -0.25) is 0 Å². The monoisotopic (exact) mass is 101 g/mol. The Kier molecular flexibility index (Phi) is 24.5. The third kappa shape index (κ3) is 89.3. The summed E-state index contributed by atoms with van der Waals surface area (Å²) >= 11 is 0. The van der Waals surface area contributed by atoms with Crippen LogP contribution < -0.4 is 29.6 Å². The molecule has 0 amide bonds. The van der Waals surface area contributed by atoms with Crippen LogP contribution in [0.3, 0.4) is 0 Å². The Morgan fingerprint density at radius 3 is 1.33 bits per heavy atom. The van der Waals surface area contributed by atoms with E-state index in [4.69, 9.17) is 5.11 Å². The molecule has 0 aromatic rings. The normalized spacial score (nSPS) is 6.00. The molecule has 0 aliphatic rings. The minimum atomic E-state index is -0.167. The maximum Gasteiger partial charge on any atom is 1.00 e. The van der Waals surface area contributed by atoms with E-state index in [9.17, 15) is 0 Å².